The van der Waals surface area contributed by atoms with Gasteiger partial charge in [0.2, 0.25) is 15.9 Å². The number of amides is 1. The second kappa shape index (κ2) is 9.13. The normalized spacial score (nSPS) is 15.5. The van der Waals surface area contributed by atoms with Gasteiger partial charge >= 0.3 is 0 Å². The Balaban J connectivity index is 1.68. The van der Waals surface area contributed by atoms with Gasteiger partial charge in [0, 0.05) is 38.3 Å². The van der Waals surface area contributed by atoms with Crippen LogP contribution in [0.2, 0.25) is 10.0 Å². The molecule has 1 saturated heterocycles. The molecule has 0 radical (unpaired) electrons. The topological polar surface area (TPSA) is 101 Å². The lowest BCUT2D eigenvalue weighted by Crippen LogP contribution is -2.50. The zero-order chi connectivity index (χ0) is 21.9. The fourth-order valence-electron chi connectivity index (χ4n) is 3.03. The quantitative estimate of drug-likeness (QED) is 0.379. The minimum absolute atomic E-state index is 0.0370. The molecule has 3 rings (SSSR count). The van der Waals surface area contributed by atoms with Crippen molar-refractivity contribution < 1.29 is 18.1 Å². The van der Waals surface area contributed by atoms with Crippen molar-refractivity contribution in [1.29, 1.82) is 0 Å². The van der Waals surface area contributed by atoms with Gasteiger partial charge in [-0.3, -0.25) is 14.9 Å². The van der Waals surface area contributed by atoms with E-state index in [1.165, 1.54) is 45.6 Å². The van der Waals surface area contributed by atoms with Crippen molar-refractivity contribution in [3.8, 4) is 0 Å². The third-order valence-corrected chi connectivity index (χ3v) is 7.50. The van der Waals surface area contributed by atoms with E-state index in [1.54, 1.807) is 18.2 Å². The molecular formula is C19H17Cl2N3O5S. The Morgan fingerprint density at radius 2 is 1.70 bits per heavy atom. The van der Waals surface area contributed by atoms with Crippen LogP contribution in [-0.4, -0.2) is 54.6 Å². The molecule has 0 bridgehead atoms. The van der Waals surface area contributed by atoms with Gasteiger partial charge in [0.1, 0.15) is 4.90 Å². The highest BCUT2D eigenvalue weighted by atomic mass is 35.5. The molecule has 1 fully saturated rings. The predicted molar refractivity (Wildman–Crippen MR) is 114 cm³/mol. The average molecular weight is 470 g/mol. The summed E-state index contributed by atoms with van der Waals surface area (Å²) >= 11 is 12.0. The van der Waals surface area contributed by atoms with Crippen LogP contribution < -0.4 is 0 Å². The van der Waals surface area contributed by atoms with Crippen molar-refractivity contribution in [2.45, 2.75) is 4.90 Å². The first-order valence-electron chi connectivity index (χ1n) is 8.86. The number of hydrogen-bond donors (Lipinski definition) is 0. The number of rotatable bonds is 5. The molecule has 0 aromatic heterocycles. The van der Waals surface area contributed by atoms with E-state index in [2.05, 4.69) is 0 Å². The van der Waals surface area contributed by atoms with Crippen LogP contribution in [0.25, 0.3) is 6.08 Å². The minimum atomic E-state index is -3.85. The van der Waals surface area contributed by atoms with E-state index < -0.39 is 14.9 Å². The molecule has 0 unspecified atom stereocenters. The Morgan fingerprint density at radius 1 is 1.03 bits per heavy atom. The number of halogens is 2. The predicted octanol–water partition coefficient (Wildman–Crippen LogP) is 3.45. The van der Waals surface area contributed by atoms with Gasteiger partial charge in [-0.1, -0.05) is 41.4 Å². The number of sulfonamides is 1. The van der Waals surface area contributed by atoms with Crippen LogP contribution in [0.5, 0.6) is 0 Å². The molecule has 1 amide bonds. The zero-order valence-electron chi connectivity index (χ0n) is 15.6. The van der Waals surface area contributed by atoms with Crippen LogP contribution in [0, 0.1) is 10.1 Å². The zero-order valence-corrected chi connectivity index (χ0v) is 17.9. The van der Waals surface area contributed by atoms with Crippen molar-refractivity contribution in [1.82, 2.24) is 9.21 Å². The summed E-state index contributed by atoms with van der Waals surface area (Å²) in [6.45, 7) is 0.543. The summed E-state index contributed by atoms with van der Waals surface area (Å²) in [5, 5.41) is 11.2. The maximum absolute atomic E-state index is 12.9. The molecule has 0 aliphatic carbocycles. The van der Waals surface area contributed by atoms with Crippen LogP contribution in [0.15, 0.2) is 53.4 Å². The number of nitro benzene ring substituents is 1. The number of nitro groups is 1. The summed E-state index contributed by atoms with van der Waals surface area (Å²) in [4.78, 5) is 24.4. The number of para-hydroxylation sites is 1. The molecule has 0 atom stereocenters. The fourth-order valence-corrected chi connectivity index (χ4v) is 5.19. The number of carbonyl (C=O) groups excluding carboxylic acids is 1. The molecule has 2 aromatic rings. The number of nitrogens with zero attached hydrogens (tertiary/aromatic N) is 3. The van der Waals surface area contributed by atoms with Crippen molar-refractivity contribution in [2.24, 2.45) is 0 Å². The SMILES string of the molecule is O=C(/C=C/c1ccccc1[N+](=O)[O-])N1CCN(S(=O)(=O)c2cccc(Cl)c2Cl)CC1. The third-order valence-electron chi connectivity index (χ3n) is 4.62. The molecule has 0 saturated carbocycles. The minimum Gasteiger partial charge on any atom is -0.337 e. The van der Waals surface area contributed by atoms with Crippen molar-refractivity contribution in [3.63, 3.8) is 0 Å². The Morgan fingerprint density at radius 3 is 2.37 bits per heavy atom. The van der Waals surface area contributed by atoms with E-state index in [1.807, 2.05) is 0 Å². The molecule has 0 spiro atoms. The molecule has 8 nitrogen and oxygen atoms in total. The molecule has 158 valence electrons. The third kappa shape index (κ3) is 4.65. The Kier molecular flexibility index (Phi) is 6.77. The Hall–Kier alpha value is -2.46. The molecule has 1 aliphatic rings. The standard InChI is InChI=1S/C19H17Cl2N3O5S/c20-15-5-3-7-17(19(15)21)30(28,29)23-12-10-22(11-13-23)18(25)9-8-14-4-1-2-6-16(14)24(26)27/h1-9H,10-13H2/b9-8+. The molecule has 1 heterocycles. The van der Waals surface area contributed by atoms with E-state index in [4.69, 9.17) is 23.2 Å². The first kappa shape index (κ1) is 22.2. The van der Waals surface area contributed by atoms with Crippen LogP contribution >= 0.6 is 23.2 Å². The summed E-state index contributed by atoms with van der Waals surface area (Å²) in [5.41, 5.74) is 0.212. The summed E-state index contributed by atoms with van der Waals surface area (Å²) in [6.07, 6.45) is 2.63. The molecule has 2 aromatic carbocycles. The van der Waals surface area contributed by atoms with Gasteiger partial charge < -0.3 is 4.90 Å². The smallest absolute Gasteiger partial charge is 0.276 e. The lowest BCUT2D eigenvalue weighted by molar-refractivity contribution is -0.385. The molecule has 1 aliphatic heterocycles. The molecule has 0 N–H and O–H groups in total. The number of carbonyl (C=O) groups is 1. The van der Waals surface area contributed by atoms with E-state index in [0.29, 0.717) is 5.56 Å². The largest absolute Gasteiger partial charge is 0.337 e. The number of benzene rings is 2. The van der Waals surface area contributed by atoms with Gasteiger partial charge in [-0.05, 0) is 24.3 Å². The van der Waals surface area contributed by atoms with Crippen LogP contribution in [0.1, 0.15) is 5.56 Å². The van der Waals surface area contributed by atoms with Crippen molar-refractivity contribution >= 4 is 50.9 Å². The van der Waals surface area contributed by atoms with Gasteiger partial charge in [0.15, 0.2) is 0 Å². The van der Waals surface area contributed by atoms with Crippen LogP contribution in [0.4, 0.5) is 5.69 Å². The monoisotopic (exact) mass is 469 g/mol. The lowest BCUT2D eigenvalue weighted by Gasteiger charge is -2.33. The average Bonchev–Trinajstić information content (AvgIpc) is 2.74. The number of piperazine rings is 1. The molecular weight excluding hydrogens is 453 g/mol. The summed E-state index contributed by atoms with van der Waals surface area (Å²) in [6, 6.07) is 10.5. The summed E-state index contributed by atoms with van der Waals surface area (Å²) in [7, 11) is -3.85. The van der Waals surface area contributed by atoms with Gasteiger partial charge in [0.25, 0.3) is 5.69 Å². The second-order valence-corrected chi connectivity index (χ2v) is 9.12. The lowest BCUT2D eigenvalue weighted by atomic mass is 10.1. The van der Waals surface area contributed by atoms with Crippen LogP contribution in [0.3, 0.4) is 0 Å². The molecule has 30 heavy (non-hydrogen) atoms. The van der Waals surface area contributed by atoms with Crippen LogP contribution in [-0.2, 0) is 14.8 Å². The molecule has 11 heteroatoms. The van der Waals surface area contributed by atoms with Gasteiger partial charge in [-0.15, -0.1) is 0 Å². The van der Waals surface area contributed by atoms with E-state index >= 15 is 0 Å². The van der Waals surface area contributed by atoms with Crippen molar-refractivity contribution in [2.75, 3.05) is 26.2 Å². The van der Waals surface area contributed by atoms with Gasteiger partial charge in [0.05, 0.1) is 20.5 Å². The van der Waals surface area contributed by atoms with E-state index in [9.17, 15) is 23.3 Å². The summed E-state index contributed by atoms with van der Waals surface area (Å²) < 4.78 is 27.0. The first-order chi connectivity index (χ1) is 14.2. The van der Waals surface area contributed by atoms with E-state index in [-0.39, 0.29) is 52.7 Å². The van der Waals surface area contributed by atoms with Gasteiger partial charge in [-0.2, -0.15) is 4.31 Å². The highest BCUT2D eigenvalue weighted by molar-refractivity contribution is 7.89. The highest BCUT2D eigenvalue weighted by Crippen LogP contribution is 2.31. The first-order valence-corrected chi connectivity index (χ1v) is 11.1. The fraction of sp³-hybridized carbons (Fsp3) is 0.211. The maximum atomic E-state index is 12.9. The highest BCUT2D eigenvalue weighted by Gasteiger charge is 2.31. The Labute approximate surface area is 183 Å². The van der Waals surface area contributed by atoms with E-state index in [0.717, 1.165) is 0 Å². The second-order valence-electron chi connectivity index (χ2n) is 6.43. The maximum Gasteiger partial charge on any atom is 0.276 e. The summed E-state index contributed by atoms with van der Waals surface area (Å²) in [5.74, 6) is -0.356. The van der Waals surface area contributed by atoms with Crippen molar-refractivity contribution in [3.05, 3.63) is 74.3 Å². The Bertz CT molecular complexity index is 1110. The van der Waals surface area contributed by atoms with Gasteiger partial charge in [-0.25, -0.2) is 8.42 Å². The number of hydrogen-bond acceptors (Lipinski definition) is 5.